The van der Waals surface area contributed by atoms with Crippen molar-refractivity contribution in [3.63, 3.8) is 0 Å². The first-order valence-corrected chi connectivity index (χ1v) is 7.95. The van der Waals surface area contributed by atoms with E-state index < -0.39 is 17.0 Å². The number of aryl methyl sites for hydroxylation is 1. The van der Waals surface area contributed by atoms with Gasteiger partial charge in [0.1, 0.15) is 5.76 Å². The van der Waals surface area contributed by atoms with Crippen molar-refractivity contribution in [1.29, 1.82) is 0 Å². The van der Waals surface area contributed by atoms with E-state index in [0.29, 0.717) is 5.76 Å². The van der Waals surface area contributed by atoms with Gasteiger partial charge in [0, 0.05) is 12.3 Å². The molecule has 0 radical (unpaired) electrons. The molecule has 3 aromatic heterocycles. The SMILES string of the molecule is Cc1cc(NC(=O)[C@@H](C)Sc2nnc3ccc(C(F)(F)F)cn23)no1. The molecule has 0 spiro atoms. The van der Waals surface area contributed by atoms with Crippen LogP contribution in [0, 0.1) is 6.92 Å². The number of halogens is 3. The Labute approximate surface area is 143 Å². The van der Waals surface area contributed by atoms with Crippen molar-refractivity contribution in [2.75, 3.05) is 5.32 Å². The highest BCUT2D eigenvalue weighted by atomic mass is 32.2. The number of nitrogens with zero attached hydrogens (tertiary/aromatic N) is 4. The summed E-state index contributed by atoms with van der Waals surface area (Å²) < 4.78 is 44.6. The van der Waals surface area contributed by atoms with Gasteiger partial charge in [-0.25, -0.2) is 0 Å². The molecular weight excluding hydrogens is 359 g/mol. The highest BCUT2D eigenvalue weighted by molar-refractivity contribution is 8.00. The van der Waals surface area contributed by atoms with Crippen LogP contribution >= 0.6 is 11.8 Å². The molecule has 0 unspecified atom stereocenters. The second-order valence-electron chi connectivity index (χ2n) is 5.20. The lowest BCUT2D eigenvalue weighted by atomic mass is 10.3. The monoisotopic (exact) mass is 371 g/mol. The van der Waals surface area contributed by atoms with Crippen molar-refractivity contribution in [3.05, 3.63) is 35.7 Å². The molecule has 0 aliphatic carbocycles. The third kappa shape index (κ3) is 3.76. The van der Waals surface area contributed by atoms with Crippen LogP contribution in [0.4, 0.5) is 19.0 Å². The number of thioether (sulfide) groups is 1. The molecule has 132 valence electrons. The number of alkyl halides is 3. The van der Waals surface area contributed by atoms with Gasteiger partial charge in [0.15, 0.2) is 16.6 Å². The standard InChI is InChI=1S/C14H12F3N5O2S/c1-7-5-10(21-24-7)18-12(23)8(2)25-13-20-19-11-4-3-9(6-22(11)13)14(15,16)17/h3-6,8H,1-2H3,(H,18,21,23)/t8-/m1/s1. The fourth-order valence-corrected chi connectivity index (χ4v) is 2.81. The van der Waals surface area contributed by atoms with Crippen molar-refractivity contribution < 1.29 is 22.5 Å². The maximum Gasteiger partial charge on any atom is 0.417 e. The first-order valence-electron chi connectivity index (χ1n) is 7.07. The van der Waals surface area contributed by atoms with Gasteiger partial charge in [-0.05, 0) is 26.0 Å². The van der Waals surface area contributed by atoms with Gasteiger partial charge in [-0.3, -0.25) is 9.20 Å². The maximum absolute atomic E-state index is 12.8. The Morgan fingerprint density at radius 2 is 2.12 bits per heavy atom. The highest BCUT2D eigenvalue weighted by Gasteiger charge is 2.31. The fourth-order valence-electron chi connectivity index (χ4n) is 1.98. The van der Waals surface area contributed by atoms with Crippen molar-refractivity contribution in [3.8, 4) is 0 Å². The van der Waals surface area contributed by atoms with Gasteiger partial charge in [-0.15, -0.1) is 10.2 Å². The first-order chi connectivity index (χ1) is 11.7. The number of hydrogen-bond donors (Lipinski definition) is 1. The molecular formula is C14H12F3N5O2S. The van der Waals surface area contributed by atoms with Crippen LogP contribution in [0.15, 0.2) is 34.1 Å². The van der Waals surface area contributed by atoms with Crippen LogP contribution in [0.2, 0.25) is 0 Å². The van der Waals surface area contributed by atoms with Crippen LogP contribution in [-0.4, -0.2) is 30.9 Å². The summed E-state index contributed by atoms with van der Waals surface area (Å²) in [5.74, 6) is 0.418. The predicted octanol–water partition coefficient (Wildman–Crippen LogP) is 3.16. The van der Waals surface area contributed by atoms with Crippen LogP contribution in [0.5, 0.6) is 0 Å². The Hall–Kier alpha value is -2.56. The summed E-state index contributed by atoms with van der Waals surface area (Å²) in [6.07, 6.45) is -3.57. The molecule has 0 fully saturated rings. The number of carbonyl (C=O) groups excluding carboxylic acids is 1. The minimum Gasteiger partial charge on any atom is -0.360 e. The smallest absolute Gasteiger partial charge is 0.360 e. The molecule has 1 amide bonds. The zero-order valence-electron chi connectivity index (χ0n) is 13.0. The molecule has 3 heterocycles. The zero-order chi connectivity index (χ0) is 18.2. The van der Waals surface area contributed by atoms with Crippen LogP contribution in [-0.2, 0) is 11.0 Å². The van der Waals surface area contributed by atoms with Gasteiger partial charge in [0.2, 0.25) is 5.91 Å². The molecule has 0 aliphatic rings. The normalized spacial score (nSPS) is 13.2. The van der Waals surface area contributed by atoms with Gasteiger partial charge < -0.3 is 9.84 Å². The van der Waals surface area contributed by atoms with Crippen LogP contribution in [0.25, 0.3) is 5.65 Å². The van der Waals surface area contributed by atoms with Gasteiger partial charge in [0.25, 0.3) is 0 Å². The van der Waals surface area contributed by atoms with Crippen molar-refractivity contribution >= 4 is 29.1 Å². The van der Waals surface area contributed by atoms with E-state index in [2.05, 4.69) is 20.7 Å². The van der Waals surface area contributed by atoms with E-state index >= 15 is 0 Å². The van der Waals surface area contributed by atoms with Gasteiger partial charge in [-0.2, -0.15) is 13.2 Å². The van der Waals surface area contributed by atoms with Gasteiger partial charge in [-0.1, -0.05) is 16.9 Å². The molecule has 0 bridgehead atoms. The van der Waals surface area contributed by atoms with E-state index in [4.69, 9.17) is 4.52 Å². The summed E-state index contributed by atoms with van der Waals surface area (Å²) in [4.78, 5) is 12.2. The van der Waals surface area contributed by atoms with E-state index in [1.54, 1.807) is 19.9 Å². The van der Waals surface area contributed by atoms with Crippen LogP contribution in [0.3, 0.4) is 0 Å². The summed E-state index contributed by atoms with van der Waals surface area (Å²) in [5.41, 5.74) is -0.563. The molecule has 3 rings (SSSR count). The Bertz CT molecular complexity index is 921. The third-order valence-corrected chi connectivity index (χ3v) is 4.29. The average Bonchev–Trinajstić information content (AvgIpc) is 3.12. The second kappa shape index (κ2) is 6.39. The number of carbonyl (C=O) groups is 1. The first kappa shape index (κ1) is 17.3. The Balaban J connectivity index is 1.78. The molecule has 25 heavy (non-hydrogen) atoms. The van der Waals surface area contributed by atoms with Gasteiger partial charge in [0.05, 0.1) is 10.8 Å². The molecule has 0 aromatic carbocycles. The lowest BCUT2D eigenvalue weighted by Crippen LogP contribution is -2.22. The van der Waals surface area contributed by atoms with Crippen LogP contribution < -0.4 is 5.32 Å². The lowest BCUT2D eigenvalue weighted by molar-refractivity contribution is -0.137. The maximum atomic E-state index is 12.8. The number of aromatic nitrogens is 4. The van der Waals surface area contributed by atoms with Crippen molar-refractivity contribution in [1.82, 2.24) is 19.8 Å². The summed E-state index contributed by atoms with van der Waals surface area (Å²) in [7, 11) is 0. The van der Waals surface area contributed by atoms with Crippen molar-refractivity contribution in [2.45, 2.75) is 30.4 Å². The molecule has 0 aliphatic heterocycles. The van der Waals surface area contributed by atoms with Crippen LogP contribution in [0.1, 0.15) is 18.2 Å². The Morgan fingerprint density at radius 3 is 2.76 bits per heavy atom. The number of rotatable bonds is 4. The highest BCUT2D eigenvalue weighted by Crippen LogP contribution is 2.30. The molecule has 3 aromatic rings. The zero-order valence-corrected chi connectivity index (χ0v) is 13.9. The van der Waals surface area contributed by atoms with Gasteiger partial charge >= 0.3 is 6.18 Å². The minimum absolute atomic E-state index is 0.181. The number of pyridine rings is 1. The quantitative estimate of drug-likeness (QED) is 0.709. The van der Waals surface area contributed by atoms with E-state index in [0.717, 1.165) is 24.0 Å². The summed E-state index contributed by atoms with van der Waals surface area (Å²) in [5, 5.41) is 13.4. The van der Waals surface area contributed by atoms with E-state index in [-0.39, 0.29) is 22.5 Å². The van der Waals surface area contributed by atoms with E-state index in [1.165, 1.54) is 10.5 Å². The Kier molecular flexibility index (Phi) is 4.41. The molecule has 1 atom stereocenters. The third-order valence-electron chi connectivity index (χ3n) is 3.23. The molecule has 11 heteroatoms. The van der Waals surface area contributed by atoms with Crippen molar-refractivity contribution in [2.24, 2.45) is 0 Å². The number of fused-ring (bicyclic) bond motifs is 1. The van der Waals surface area contributed by atoms with E-state index in [9.17, 15) is 18.0 Å². The largest absolute Gasteiger partial charge is 0.417 e. The summed E-state index contributed by atoms with van der Waals surface area (Å²) in [6, 6.07) is 3.71. The molecule has 0 saturated heterocycles. The minimum atomic E-state index is -4.48. The fraction of sp³-hybridized carbons (Fsp3) is 0.286. The number of anilines is 1. The topological polar surface area (TPSA) is 85.3 Å². The molecule has 0 saturated carbocycles. The predicted molar refractivity (Wildman–Crippen MR) is 83.2 cm³/mol. The second-order valence-corrected chi connectivity index (χ2v) is 6.51. The Morgan fingerprint density at radius 1 is 1.36 bits per heavy atom. The molecule has 7 nitrogen and oxygen atoms in total. The summed E-state index contributed by atoms with van der Waals surface area (Å²) >= 11 is 0.985. The average molecular weight is 371 g/mol. The number of hydrogen-bond acceptors (Lipinski definition) is 6. The lowest BCUT2D eigenvalue weighted by Gasteiger charge is -2.10. The number of nitrogens with one attached hydrogen (secondary N) is 1. The number of amides is 1. The van der Waals surface area contributed by atoms with E-state index in [1.807, 2.05) is 0 Å². The summed E-state index contributed by atoms with van der Waals surface area (Å²) in [6.45, 7) is 3.28. The molecule has 1 N–H and O–H groups in total.